The van der Waals surface area contributed by atoms with Crippen LogP contribution in [0.3, 0.4) is 0 Å². The number of rotatable bonds is 0. The minimum Gasteiger partial charge on any atom is -0.508 e. The molecule has 3 aliphatic rings. The first kappa shape index (κ1) is 13.6. The van der Waals surface area contributed by atoms with Crippen molar-refractivity contribution in [3.63, 3.8) is 0 Å². The van der Waals surface area contributed by atoms with Gasteiger partial charge in [0.05, 0.1) is 5.41 Å². The second-order valence-electron chi connectivity index (χ2n) is 6.74. The third-order valence-electron chi connectivity index (χ3n) is 5.42. The second-order valence-corrected chi connectivity index (χ2v) is 6.74. The molecule has 2 atom stereocenters. The number of carbonyl (C=O) groups excluding carboxylic acids is 1. The Labute approximate surface area is 130 Å². The minimum absolute atomic E-state index is 0.0823. The van der Waals surface area contributed by atoms with Crippen LogP contribution in [-0.4, -0.2) is 17.0 Å². The van der Waals surface area contributed by atoms with E-state index in [1.165, 1.54) is 16.7 Å². The molecule has 0 saturated heterocycles. The van der Waals surface area contributed by atoms with E-state index in [9.17, 15) is 9.90 Å². The van der Waals surface area contributed by atoms with Crippen molar-refractivity contribution >= 4 is 11.4 Å². The highest BCUT2D eigenvalue weighted by molar-refractivity contribution is 5.94. The van der Waals surface area contributed by atoms with Gasteiger partial charge in [-0.25, -0.2) is 0 Å². The molecule has 3 nitrogen and oxygen atoms in total. The average molecular weight is 296 g/mol. The number of ketones is 1. The monoisotopic (exact) mass is 296 g/mol. The number of fused-ring (bicyclic) bond motifs is 4. The van der Waals surface area contributed by atoms with E-state index in [2.05, 4.69) is 13.0 Å². The molecule has 114 valence electrons. The van der Waals surface area contributed by atoms with Crippen molar-refractivity contribution in [3.8, 4) is 11.5 Å². The summed E-state index contributed by atoms with van der Waals surface area (Å²) in [6.45, 7) is 4.12. The Hall–Kier alpha value is -2.03. The zero-order chi connectivity index (χ0) is 15.5. The van der Waals surface area contributed by atoms with Crippen molar-refractivity contribution in [1.82, 2.24) is 0 Å². The van der Waals surface area contributed by atoms with Crippen LogP contribution in [0.15, 0.2) is 35.4 Å². The summed E-state index contributed by atoms with van der Waals surface area (Å²) in [6, 6.07) is 5.32. The molecule has 1 aromatic rings. The van der Waals surface area contributed by atoms with E-state index in [0.717, 1.165) is 30.6 Å². The molecule has 1 N–H and O–H groups in total. The fraction of sp³-hybridized carbons (Fsp3) is 0.421. The SMILES string of the molecule is C[C@H]1Oc2cc(O)ccc2C2=C1C1=CCCC(=O)[C@@]1(C)CC2. The molecule has 1 aliphatic heterocycles. The van der Waals surface area contributed by atoms with Gasteiger partial charge in [-0.1, -0.05) is 6.08 Å². The van der Waals surface area contributed by atoms with Gasteiger partial charge in [-0.3, -0.25) is 4.79 Å². The van der Waals surface area contributed by atoms with Crippen LogP contribution < -0.4 is 4.74 Å². The zero-order valence-corrected chi connectivity index (χ0v) is 13.0. The molecule has 0 spiro atoms. The Balaban J connectivity index is 1.93. The van der Waals surface area contributed by atoms with Crippen LogP contribution in [-0.2, 0) is 4.79 Å². The first-order valence-electron chi connectivity index (χ1n) is 7.98. The first-order chi connectivity index (χ1) is 10.5. The van der Waals surface area contributed by atoms with E-state index >= 15 is 0 Å². The van der Waals surface area contributed by atoms with Crippen molar-refractivity contribution in [3.05, 3.63) is 41.0 Å². The van der Waals surface area contributed by atoms with Crippen LogP contribution >= 0.6 is 0 Å². The molecule has 0 bridgehead atoms. The summed E-state index contributed by atoms with van der Waals surface area (Å²) in [5, 5.41) is 9.68. The van der Waals surface area contributed by atoms with Gasteiger partial charge in [-0.15, -0.1) is 0 Å². The fourth-order valence-corrected chi connectivity index (χ4v) is 4.20. The number of carbonyl (C=O) groups is 1. The molecular formula is C19H20O3. The van der Waals surface area contributed by atoms with Gasteiger partial charge in [0.15, 0.2) is 0 Å². The van der Waals surface area contributed by atoms with Crippen molar-refractivity contribution in [2.45, 2.75) is 45.6 Å². The van der Waals surface area contributed by atoms with Crippen molar-refractivity contribution in [1.29, 1.82) is 0 Å². The molecule has 0 fully saturated rings. The van der Waals surface area contributed by atoms with E-state index in [1.807, 2.05) is 13.0 Å². The molecule has 1 heterocycles. The number of phenolic OH excluding ortho intramolecular Hbond substituents is 1. The van der Waals surface area contributed by atoms with Gasteiger partial charge in [0.1, 0.15) is 23.4 Å². The number of phenols is 1. The highest BCUT2D eigenvalue weighted by Crippen LogP contribution is 2.54. The molecule has 2 aliphatic carbocycles. The average Bonchev–Trinajstić information content (AvgIpc) is 2.48. The lowest BCUT2D eigenvalue weighted by Crippen LogP contribution is -2.39. The highest BCUT2D eigenvalue weighted by atomic mass is 16.5. The summed E-state index contributed by atoms with van der Waals surface area (Å²) in [4.78, 5) is 12.5. The van der Waals surface area contributed by atoms with E-state index in [0.29, 0.717) is 12.2 Å². The Morgan fingerprint density at radius 2 is 2.14 bits per heavy atom. The molecule has 0 saturated carbocycles. The van der Waals surface area contributed by atoms with Gasteiger partial charge in [0, 0.05) is 18.1 Å². The van der Waals surface area contributed by atoms with Crippen molar-refractivity contribution in [2.75, 3.05) is 0 Å². The molecule has 22 heavy (non-hydrogen) atoms. The maximum absolute atomic E-state index is 12.5. The van der Waals surface area contributed by atoms with E-state index in [4.69, 9.17) is 4.74 Å². The molecule has 4 rings (SSSR count). The predicted octanol–water partition coefficient (Wildman–Crippen LogP) is 4.02. The number of Topliss-reactive ketones (excluding diaryl/α,β-unsaturated/α-hetero) is 1. The Kier molecular flexibility index (Phi) is 2.77. The molecule has 0 radical (unpaired) electrons. The van der Waals surface area contributed by atoms with Gasteiger partial charge in [-0.05, 0) is 62.0 Å². The van der Waals surface area contributed by atoms with Crippen molar-refractivity contribution in [2.24, 2.45) is 5.41 Å². The summed E-state index contributed by atoms with van der Waals surface area (Å²) in [7, 11) is 0. The maximum atomic E-state index is 12.5. The molecule has 1 aromatic carbocycles. The Morgan fingerprint density at radius 3 is 2.95 bits per heavy atom. The van der Waals surface area contributed by atoms with E-state index < -0.39 is 0 Å². The molecule has 0 unspecified atom stereocenters. The van der Waals surface area contributed by atoms with E-state index in [1.54, 1.807) is 12.1 Å². The van der Waals surface area contributed by atoms with Gasteiger partial charge in [0.2, 0.25) is 0 Å². The normalized spacial score (nSPS) is 30.0. The van der Waals surface area contributed by atoms with Crippen LogP contribution in [0.1, 0.15) is 45.1 Å². The number of hydrogen-bond acceptors (Lipinski definition) is 3. The van der Waals surface area contributed by atoms with Crippen LogP contribution in [0.5, 0.6) is 11.5 Å². The number of aromatic hydroxyl groups is 1. The molecular weight excluding hydrogens is 276 g/mol. The van der Waals surface area contributed by atoms with Crippen LogP contribution in [0.4, 0.5) is 0 Å². The number of benzene rings is 1. The lowest BCUT2D eigenvalue weighted by Gasteiger charge is -2.44. The lowest BCUT2D eigenvalue weighted by atomic mass is 9.61. The number of allylic oxidation sites excluding steroid dienone is 2. The smallest absolute Gasteiger partial charge is 0.143 e. The summed E-state index contributed by atoms with van der Waals surface area (Å²) >= 11 is 0. The van der Waals surface area contributed by atoms with Crippen molar-refractivity contribution < 1.29 is 14.6 Å². The minimum atomic E-state index is -0.344. The van der Waals surface area contributed by atoms with Gasteiger partial charge in [-0.2, -0.15) is 0 Å². The summed E-state index contributed by atoms with van der Waals surface area (Å²) in [6.07, 6.45) is 5.39. The molecule has 0 aromatic heterocycles. The van der Waals surface area contributed by atoms with Gasteiger partial charge in [0.25, 0.3) is 0 Å². The molecule has 3 heteroatoms. The predicted molar refractivity (Wildman–Crippen MR) is 84.8 cm³/mol. The summed E-state index contributed by atoms with van der Waals surface area (Å²) in [5.74, 6) is 1.33. The molecule has 0 amide bonds. The lowest BCUT2D eigenvalue weighted by molar-refractivity contribution is -0.126. The first-order valence-corrected chi connectivity index (χ1v) is 7.98. The Bertz CT molecular complexity index is 741. The largest absolute Gasteiger partial charge is 0.508 e. The second kappa shape index (κ2) is 4.48. The highest BCUT2D eigenvalue weighted by Gasteiger charge is 2.46. The standard InChI is InChI=1S/C19H20O3/c1-11-18-14(13-7-6-12(20)10-16(13)22-11)8-9-19(2)15(18)4-3-5-17(19)21/h4,6-7,10-11,20H,3,5,8-9H2,1-2H3/t11-,19+/m1/s1. The van der Waals surface area contributed by atoms with Gasteiger partial charge < -0.3 is 9.84 Å². The van der Waals surface area contributed by atoms with Crippen LogP contribution in [0.2, 0.25) is 0 Å². The maximum Gasteiger partial charge on any atom is 0.143 e. The Morgan fingerprint density at radius 1 is 1.32 bits per heavy atom. The third kappa shape index (κ3) is 1.71. The topological polar surface area (TPSA) is 46.5 Å². The zero-order valence-electron chi connectivity index (χ0n) is 13.0. The van der Waals surface area contributed by atoms with Crippen LogP contribution in [0.25, 0.3) is 5.57 Å². The van der Waals surface area contributed by atoms with Gasteiger partial charge >= 0.3 is 0 Å². The third-order valence-corrected chi connectivity index (χ3v) is 5.42. The number of hydrogen-bond donors (Lipinski definition) is 1. The summed E-state index contributed by atoms with van der Waals surface area (Å²) < 4.78 is 6.04. The van der Waals surface area contributed by atoms with Crippen LogP contribution in [0, 0.1) is 5.41 Å². The quantitative estimate of drug-likeness (QED) is 0.786. The van der Waals surface area contributed by atoms with E-state index in [-0.39, 0.29) is 17.3 Å². The fourth-order valence-electron chi connectivity index (χ4n) is 4.20. The summed E-state index contributed by atoms with van der Waals surface area (Å²) in [5.41, 5.74) is 4.37. The number of ether oxygens (including phenoxy) is 1.